The van der Waals surface area contributed by atoms with Gasteiger partial charge in [-0.25, -0.2) is 4.79 Å². The van der Waals surface area contributed by atoms with Crippen LogP contribution in [0.25, 0.3) is 0 Å². The van der Waals surface area contributed by atoms with E-state index < -0.39 is 6.09 Å². The fourth-order valence-corrected chi connectivity index (χ4v) is 0. The Morgan fingerprint density at radius 2 is 2.00 bits per heavy atom. The third kappa shape index (κ3) is 8.82. The van der Waals surface area contributed by atoms with E-state index in [-0.39, 0.29) is 27.3 Å². The van der Waals surface area contributed by atoms with Gasteiger partial charge >= 0.3 is 33.4 Å². The van der Waals surface area contributed by atoms with Crippen LogP contribution in [0.5, 0.6) is 0 Å². The van der Waals surface area contributed by atoms with Crippen LogP contribution in [0.4, 0.5) is 4.79 Å². The molecule has 0 aliphatic carbocycles. The Kier molecular flexibility index (Phi) is 9.30. The molecule has 0 fully saturated rings. The van der Waals surface area contributed by atoms with E-state index in [1.807, 2.05) is 0 Å². The first kappa shape index (κ1) is 9.83. The predicted octanol–water partition coefficient (Wildman–Crippen LogP) is -0.525. The molecular formula is CH4BrNO2Pb. The third-order valence-electron chi connectivity index (χ3n) is 0.0760. The van der Waals surface area contributed by atoms with Crippen molar-refractivity contribution in [2.45, 2.75) is 0 Å². The van der Waals surface area contributed by atoms with E-state index in [0.717, 1.165) is 0 Å². The molecule has 3 nitrogen and oxygen atoms in total. The summed E-state index contributed by atoms with van der Waals surface area (Å²) in [6.07, 6.45) is -0.829. The molecule has 5 heteroatoms. The van der Waals surface area contributed by atoms with Gasteiger partial charge in [-0.2, -0.15) is 0 Å². The number of carbonyl (C=O) groups is 1. The number of nitrogens with two attached hydrogens (primary N) is 1. The molecule has 0 saturated carbocycles. The number of hydrogen-bond donors (Lipinski definition) is 1. The van der Waals surface area contributed by atoms with Crippen LogP contribution in [0.2, 0.25) is 0 Å². The zero-order chi connectivity index (χ0) is 4.28. The second-order valence-corrected chi connectivity index (χ2v) is 0.720. The molecule has 0 heterocycles. The van der Waals surface area contributed by atoms with Crippen LogP contribution in [0.3, 0.4) is 0 Å². The zero-order valence-corrected chi connectivity index (χ0v) is 10.1. The third-order valence-corrected chi connectivity index (χ3v) is 0.395. The van der Waals surface area contributed by atoms with E-state index in [1.165, 1.54) is 0 Å². The molecule has 0 atom stereocenters. The second kappa shape index (κ2) is 5.67. The molecule has 0 aliphatic rings. The average molecular weight is 349 g/mol. The van der Waals surface area contributed by atoms with Crippen molar-refractivity contribution in [3.05, 3.63) is 0 Å². The van der Waals surface area contributed by atoms with E-state index in [2.05, 4.69) is 25.8 Å². The molecule has 1 amide bonds. The van der Waals surface area contributed by atoms with Gasteiger partial charge in [0.15, 0.2) is 16.3 Å². The molecule has 0 aromatic heterocycles. The van der Waals surface area contributed by atoms with Crippen molar-refractivity contribution in [3.8, 4) is 0 Å². The van der Waals surface area contributed by atoms with Crippen LogP contribution in [0.1, 0.15) is 0 Å². The Balaban J connectivity index is 0. The zero-order valence-electron chi connectivity index (χ0n) is 2.98. The van der Waals surface area contributed by atoms with E-state index in [0.29, 0.717) is 0 Å². The van der Waals surface area contributed by atoms with Crippen molar-refractivity contribution < 1.29 is 8.62 Å². The maximum absolute atomic E-state index is 9.32. The van der Waals surface area contributed by atoms with Crippen molar-refractivity contribution in [1.82, 2.24) is 0 Å². The Bertz CT molecular complexity index is 48.8. The number of primary amides is 1. The van der Waals surface area contributed by atoms with Gasteiger partial charge in [-0.15, -0.1) is 0 Å². The normalized spacial score (nSPS) is 5.50. The SMILES string of the molecule is NC(=O)OBr.[PbH2]. The molecule has 6 heavy (non-hydrogen) atoms. The Morgan fingerprint density at radius 3 is 2.00 bits per heavy atom. The summed E-state index contributed by atoms with van der Waals surface area (Å²) < 4.78 is 3.70. The summed E-state index contributed by atoms with van der Waals surface area (Å²) in [7, 11) is 0. The van der Waals surface area contributed by atoms with Crippen LogP contribution < -0.4 is 5.73 Å². The number of hydrogen-bond acceptors (Lipinski definition) is 2. The monoisotopic (exact) mass is 349 g/mol. The summed E-state index contributed by atoms with van der Waals surface area (Å²) in [4.78, 5) is 9.32. The van der Waals surface area contributed by atoms with Gasteiger partial charge in [-0.3, -0.25) is 0 Å². The summed E-state index contributed by atoms with van der Waals surface area (Å²) in [6, 6.07) is 0. The average Bonchev–Trinajstić information content (AvgIpc) is 1.38. The molecule has 0 saturated heterocycles. The van der Waals surface area contributed by atoms with Crippen LogP contribution in [0, 0.1) is 0 Å². The van der Waals surface area contributed by atoms with Crippen molar-refractivity contribution in [2.75, 3.05) is 0 Å². The van der Waals surface area contributed by atoms with Crippen molar-refractivity contribution >= 4 is 49.7 Å². The van der Waals surface area contributed by atoms with E-state index in [9.17, 15) is 4.79 Å². The van der Waals surface area contributed by atoms with Gasteiger partial charge in [0.05, 0.1) is 0 Å². The predicted molar refractivity (Wildman–Crippen MR) is 28.1 cm³/mol. The second-order valence-electron chi connectivity index (χ2n) is 0.396. The first-order chi connectivity index (χ1) is 2.27. The van der Waals surface area contributed by atoms with Gasteiger partial charge in [0.25, 0.3) is 0 Å². The van der Waals surface area contributed by atoms with Gasteiger partial charge in [0, 0.05) is 0 Å². The molecule has 0 spiro atoms. The van der Waals surface area contributed by atoms with Crippen molar-refractivity contribution in [3.63, 3.8) is 0 Å². The van der Waals surface area contributed by atoms with Crippen molar-refractivity contribution in [1.29, 1.82) is 0 Å². The summed E-state index contributed by atoms with van der Waals surface area (Å²) in [6.45, 7) is 0. The van der Waals surface area contributed by atoms with Gasteiger partial charge in [-0.05, 0) is 0 Å². The first-order valence-electron chi connectivity index (χ1n) is 0.851. The standard InChI is InChI=1S/CH2BrNO2.Pb.2H/c2-5-1(3)4;;;/h(H2,3,4);;;. The van der Waals surface area contributed by atoms with Gasteiger partial charge < -0.3 is 9.56 Å². The fourth-order valence-electron chi connectivity index (χ4n) is 0. The van der Waals surface area contributed by atoms with Crippen LogP contribution >= 0.6 is 16.3 Å². The quantitative estimate of drug-likeness (QED) is 0.599. The number of halogens is 1. The Labute approximate surface area is 63.8 Å². The summed E-state index contributed by atoms with van der Waals surface area (Å²) in [5.74, 6) is 0. The molecule has 2 radical (unpaired) electrons. The molecule has 0 aromatic carbocycles. The molecular weight excluding hydrogens is 345 g/mol. The fraction of sp³-hybridized carbons (Fsp3) is 0. The van der Waals surface area contributed by atoms with Gasteiger partial charge in [-0.1, -0.05) is 0 Å². The summed E-state index contributed by atoms with van der Waals surface area (Å²) in [5, 5.41) is 0. The number of rotatable bonds is 0. The number of carbonyl (C=O) groups excluding carboxylic acids is 1. The van der Waals surface area contributed by atoms with Crippen LogP contribution in [-0.2, 0) is 3.83 Å². The van der Waals surface area contributed by atoms with E-state index >= 15 is 0 Å². The maximum atomic E-state index is 9.32. The molecule has 0 bridgehead atoms. The minimum absolute atomic E-state index is 0. The summed E-state index contributed by atoms with van der Waals surface area (Å²) >= 11 is 2.34. The molecule has 0 unspecified atom stereocenters. The molecule has 0 rings (SSSR count). The first-order valence-corrected chi connectivity index (χ1v) is 1.50. The van der Waals surface area contributed by atoms with Crippen molar-refractivity contribution in [2.24, 2.45) is 5.73 Å². The van der Waals surface area contributed by atoms with Gasteiger partial charge in [0.2, 0.25) is 0 Å². The Morgan fingerprint density at radius 1 is 1.83 bits per heavy atom. The molecule has 2 N–H and O–H groups in total. The summed E-state index contributed by atoms with van der Waals surface area (Å²) in [5.41, 5.74) is 4.38. The van der Waals surface area contributed by atoms with Crippen LogP contribution in [-0.4, -0.2) is 33.4 Å². The van der Waals surface area contributed by atoms with Crippen LogP contribution in [0.15, 0.2) is 0 Å². The molecule has 0 aliphatic heterocycles. The molecule has 36 valence electrons. The van der Waals surface area contributed by atoms with Gasteiger partial charge in [0.1, 0.15) is 0 Å². The number of amides is 1. The molecule has 0 aromatic rings. The van der Waals surface area contributed by atoms with E-state index in [1.54, 1.807) is 0 Å². The minimum atomic E-state index is -0.829. The topological polar surface area (TPSA) is 52.3 Å². The van der Waals surface area contributed by atoms with E-state index in [4.69, 9.17) is 0 Å². The Hall–Kier alpha value is 0.672.